The van der Waals surface area contributed by atoms with E-state index in [9.17, 15) is 14.0 Å². The van der Waals surface area contributed by atoms with Crippen LogP contribution in [0, 0.1) is 5.82 Å². The topological polar surface area (TPSA) is 40.6 Å². The number of carbonyl (C=O) groups excluding carboxylic acids is 2. The van der Waals surface area contributed by atoms with Gasteiger partial charge in [-0.1, -0.05) is 18.2 Å². The number of rotatable bonds is 3. The van der Waals surface area contributed by atoms with Crippen molar-refractivity contribution in [1.82, 2.24) is 0 Å². The summed E-state index contributed by atoms with van der Waals surface area (Å²) in [6.07, 6.45) is 0.818. The van der Waals surface area contributed by atoms with Gasteiger partial charge in [-0.3, -0.25) is 9.59 Å². The van der Waals surface area contributed by atoms with Crippen LogP contribution in [-0.2, 0) is 16.0 Å². The van der Waals surface area contributed by atoms with Crippen molar-refractivity contribution in [3.8, 4) is 0 Å². The van der Waals surface area contributed by atoms with Gasteiger partial charge in [-0.05, 0) is 42.3 Å². The van der Waals surface area contributed by atoms with E-state index in [4.69, 9.17) is 0 Å². The molecule has 3 rings (SSSR count). The molecule has 0 aliphatic carbocycles. The first-order valence-electron chi connectivity index (χ1n) is 7.48. The largest absolute Gasteiger partial charge is 0.310 e. The first kappa shape index (κ1) is 15.2. The van der Waals surface area contributed by atoms with Crippen LogP contribution in [0.1, 0.15) is 12.5 Å². The molecule has 0 radical (unpaired) electrons. The van der Waals surface area contributed by atoms with E-state index in [1.165, 1.54) is 36.1 Å². The number of hydrogen-bond acceptors (Lipinski definition) is 2. The Bertz CT molecular complexity index is 743. The fourth-order valence-electron chi connectivity index (χ4n) is 2.82. The molecular formula is C18H17FN2O2. The summed E-state index contributed by atoms with van der Waals surface area (Å²) in [5, 5.41) is 0. The van der Waals surface area contributed by atoms with Crippen LogP contribution in [0.2, 0.25) is 0 Å². The van der Waals surface area contributed by atoms with Crippen molar-refractivity contribution in [3.63, 3.8) is 0 Å². The molecule has 1 aliphatic rings. The molecule has 0 bridgehead atoms. The molecule has 2 aromatic carbocycles. The van der Waals surface area contributed by atoms with Crippen LogP contribution in [-0.4, -0.2) is 24.9 Å². The highest BCUT2D eigenvalue weighted by Gasteiger charge is 2.26. The van der Waals surface area contributed by atoms with Crippen LogP contribution in [0.4, 0.5) is 15.8 Å². The Morgan fingerprint density at radius 2 is 1.83 bits per heavy atom. The maximum Gasteiger partial charge on any atom is 0.247 e. The summed E-state index contributed by atoms with van der Waals surface area (Å²) in [6, 6.07) is 13.3. The molecule has 23 heavy (non-hydrogen) atoms. The number of benzene rings is 2. The van der Waals surface area contributed by atoms with Crippen molar-refractivity contribution in [3.05, 3.63) is 59.9 Å². The fourth-order valence-corrected chi connectivity index (χ4v) is 2.82. The standard InChI is InChI=1S/C18H17FN2O2/c1-13(22)21(16-8-6-15(19)7-9-16)12-18(23)20-11-10-14-4-2-3-5-17(14)20/h2-9H,10-12H2,1H3. The lowest BCUT2D eigenvalue weighted by molar-refractivity contribution is -0.121. The lowest BCUT2D eigenvalue weighted by Gasteiger charge is -2.24. The van der Waals surface area contributed by atoms with E-state index < -0.39 is 0 Å². The molecule has 0 spiro atoms. The first-order valence-corrected chi connectivity index (χ1v) is 7.48. The lowest BCUT2D eigenvalue weighted by Crippen LogP contribution is -2.41. The van der Waals surface area contributed by atoms with E-state index in [0.717, 1.165) is 17.7 Å². The van der Waals surface area contributed by atoms with Gasteiger partial charge in [-0.15, -0.1) is 0 Å². The average Bonchev–Trinajstić information content (AvgIpc) is 2.97. The van der Waals surface area contributed by atoms with Crippen molar-refractivity contribution in [2.75, 3.05) is 22.9 Å². The van der Waals surface area contributed by atoms with Gasteiger partial charge >= 0.3 is 0 Å². The molecule has 2 amide bonds. The molecule has 0 fully saturated rings. The summed E-state index contributed by atoms with van der Waals surface area (Å²) >= 11 is 0. The van der Waals surface area contributed by atoms with Gasteiger partial charge in [0.15, 0.2) is 0 Å². The number of halogens is 1. The molecule has 0 aromatic heterocycles. The fraction of sp³-hybridized carbons (Fsp3) is 0.222. The summed E-state index contributed by atoms with van der Waals surface area (Å²) < 4.78 is 13.0. The van der Waals surface area contributed by atoms with Gasteiger partial charge in [-0.2, -0.15) is 0 Å². The van der Waals surface area contributed by atoms with Crippen molar-refractivity contribution in [2.24, 2.45) is 0 Å². The van der Waals surface area contributed by atoms with E-state index in [1.54, 1.807) is 4.90 Å². The molecule has 118 valence electrons. The molecule has 5 heteroatoms. The lowest BCUT2D eigenvalue weighted by atomic mass is 10.2. The predicted molar refractivity (Wildman–Crippen MR) is 86.9 cm³/mol. The number of hydrogen-bond donors (Lipinski definition) is 0. The SMILES string of the molecule is CC(=O)N(CC(=O)N1CCc2ccccc21)c1ccc(F)cc1. The van der Waals surface area contributed by atoms with Crippen LogP contribution < -0.4 is 9.80 Å². The van der Waals surface area contributed by atoms with Crippen LogP contribution >= 0.6 is 0 Å². The van der Waals surface area contributed by atoms with Gasteiger partial charge in [0, 0.05) is 24.8 Å². The number of fused-ring (bicyclic) bond motifs is 1. The van der Waals surface area contributed by atoms with Crippen molar-refractivity contribution in [2.45, 2.75) is 13.3 Å². The highest BCUT2D eigenvalue weighted by atomic mass is 19.1. The summed E-state index contributed by atoms with van der Waals surface area (Å²) in [7, 11) is 0. The molecule has 0 saturated carbocycles. The smallest absolute Gasteiger partial charge is 0.247 e. The van der Waals surface area contributed by atoms with Crippen LogP contribution in [0.25, 0.3) is 0 Å². The summed E-state index contributed by atoms with van der Waals surface area (Å²) in [5.41, 5.74) is 2.55. The first-order chi connectivity index (χ1) is 11.1. The van der Waals surface area contributed by atoms with E-state index in [0.29, 0.717) is 12.2 Å². The molecular weight excluding hydrogens is 295 g/mol. The second kappa shape index (κ2) is 6.20. The summed E-state index contributed by atoms with van der Waals surface area (Å²) in [5.74, 6) is -0.774. The second-order valence-electron chi connectivity index (χ2n) is 5.51. The van der Waals surface area contributed by atoms with E-state index in [-0.39, 0.29) is 24.2 Å². The maximum atomic E-state index is 13.0. The Kier molecular flexibility index (Phi) is 4.10. The molecule has 2 aromatic rings. The Hall–Kier alpha value is -2.69. The number of para-hydroxylation sites is 1. The maximum absolute atomic E-state index is 13.0. The van der Waals surface area contributed by atoms with Crippen molar-refractivity contribution in [1.29, 1.82) is 0 Å². The zero-order chi connectivity index (χ0) is 16.4. The van der Waals surface area contributed by atoms with Crippen molar-refractivity contribution < 1.29 is 14.0 Å². The molecule has 0 unspecified atom stereocenters. The minimum atomic E-state index is -0.378. The minimum absolute atomic E-state index is 0.0602. The Balaban J connectivity index is 1.80. The summed E-state index contributed by atoms with van der Waals surface area (Å²) in [4.78, 5) is 27.6. The Labute approximate surface area is 134 Å². The molecule has 0 atom stereocenters. The van der Waals surface area contributed by atoms with E-state index in [2.05, 4.69) is 0 Å². The van der Waals surface area contributed by atoms with Gasteiger partial charge < -0.3 is 9.80 Å². The number of amides is 2. The Morgan fingerprint density at radius 3 is 2.52 bits per heavy atom. The van der Waals surface area contributed by atoms with Gasteiger partial charge in [0.1, 0.15) is 12.4 Å². The molecule has 0 N–H and O–H groups in total. The van der Waals surface area contributed by atoms with Crippen LogP contribution in [0.3, 0.4) is 0 Å². The normalized spacial score (nSPS) is 12.9. The summed E-state index contributed by atoms with van der Waals surface area (Å²) in [6.45, 7) is 1.96. The average molecular weight is 312 g/mol. The van der Waals surface area contributed by atoms with Gasteiger partial charge in [0.05, 0.1) is 0 Å². The van der Waals surface area contributed by atoms with E-state index >= 15 is 0 Å². The number of anilines is 2. The molecule has 1 heterocycles. The molecule has 4 nitrogen and oxygen atoms in total. The van der Waals surface area contributed by atoms with Gasteiger partial charge in [0.2, 0.25) is 11.8 Å². The highest BCUT2D eigenvalue weighted by molar-refractivity contribution is 6.03. The quantitative estimate of drug-likeness (QED) is 0.874. The van der Waals surface area contributed by atoms with Crippen LogP contribution in [0.5, 0.6) is 0 Å². The monoisotopic (exact) mass is 312 g/mol. The second-order valence-corrected chi connectivity index (χ2v) is 5.51. The van der Waals surface area contributed by atoms with Crippen LogP contribution in [0.15, 0.2) is 48.5 Å². The number of nitrogens with zero attached hydrogens (tertiary/aromatic N) is 2. The Morgan fingerprint density at radius 1 is 1.13 bits per heavy atom. The van der Waals surface area contributed by atoms with Crippen molar-refractivity contribution >= 4 is 23.2 Å². The molecule has 0 saturated heterocycles. The third-order valence-corrected chi connectivity index (χ3v) is 4.00. The minimum Gasteiger partial charge on any atom is -0.310 e. The highest BCUT2D eigenvalue weighted by Crippen LogP contribution is 2.28. The van der Waals surface area contributed by atoms with Gasteiger partial charge in [0.25, 0.3) is 0 Å². The predicted octanol–water partition coefficient (Wildman–Crippen LogP) is 2.77. The van der Waals surface area contributed by atoms with E-state index in [1.807, 2.05) is 24.3 Å². The number of carbonyl (C=O) groups is 2. The molecule has 1 aliphatic heterocycles. The zero-order valence-corrected chi connectivity index (χ0v) is 12.8. The zero-order valence-electron chi connectivity index (χ0n) is 12.8. The third-order valence-electron chi connectivity index (χ3n) is 4.00. The third kappa shape index (κ3) is 3.08. The van der Waals surface area contributed by atoms with Gasteiger partial charge in [-0.25, -0.2) is 4.39 Å².